The van der Waals surface area contributed by atoms with E-state index >= 15 is 0 Å². The minimum absolute atomic E-state index is 0.704. The summed E-state index contributed by atoms with van der Waals surface area (Å²) in [6.45, 7) is 4.27. The van der Waals surface area contributed by atoms with E-state index < -0.39 is 0 Å². The number of likely N-dealkylation sites (tertiary alicyclic amines) is 1. The van der Waals surface area contributed by atoms with Gasteiger partial charge in [0.2, 0.25) is 0 Å². The van der Waals surface area contributed by atoms with Gasteiger partial charge in [-0.05, 0) is 36.9 Å². The predicted octanol–water partition coefficient (Wildman–Crippen LogP) is 1.94. The van der Waals surface area contributed by atoms with Crippen molar-refractivity contribution >= 4 is 0 Å². The molecule has 0 bridgehead atoms. The molecular formula is C13H20N2O. The Balaban J connectivity index is 1.85. The van der Waals surface area contributed by atoms with Gasteiger partial charge in [-0.2, -0.15) is 0 Å². The number of methoxy groups -OCH3 is 1. The van der Waals surface area contributed by atoms with Crippen LogP contribution >= 0.6 is 0 Å². The standard InChI is InChI=1S/C13H20N2O/c1-16-11-13-5-3-7-15(10-13)9-12-4-2-6-14-8-12/h2,4,6,8,13H,3,5,7,9-11H2,1H3/t13-/m0/s1. The van der Waals surface area contributed by atoms with Crippen LogP contribution < -0.4 is 0 Å². The zero-order chi connectivity index (χ0) is 11.2. The number of hydrogen-bond acceptors (Lipinski definition) is 3. The van der Waals surface area contributed by atoms with E-state index in [1.165, 1.54) is 24.9 Å². The van der Waals surface area contributed by atoms with Crippen LogP contribution in [0, 0.1) is 5.92 Å². The van der Waals surface area contributed by atoms with Crippen molar-refractivity contribution in [3.8, 4) is 0 Å². The molecule has 2 rings (SSSR count). The number of nitrogens with zero attached hydrogens (tertiary/aromatic N) is 2. The molecule has 0 radical (unpaired) electrons. The summed E-state index contributed by atoms with van der Waals surface area (Å²) in [4.78, 5) is 6.66. The minimum Gasteiger partial charge on any atom is -0.384 e. The first-order valence-electron chi connectivity index (χ1n) is 5.98. The Morgan fingerprint density at radius 3 is 3.25 bits per heavy atom. The van der Waals surface area contributed by atoms with Crippen LogP contribution in [-0.4, -0.2) is 36.7 Å². The lowest BCUT2D eigenvalue weighted by molar-refractivity contribution is 0.0873. The second-order valence-corrected chi connectivity index (χ2v) is 4.56. The van der Waals surface area contributed by atoms with Crippen molar-refractivity contribution in [1.82, 2.24) is 9.88 Å². The summed E-state index contributed by atoms with van der Waals surface area (Å²) < 4.78 is 5.24. The monoisotopic (exact) mass is 220 g/mol. The fourth-order valence-electron chi connectivity index (χ4n) is 2.42. The maximum Gasteiger partial charge on any atom is 0.0502 e. The van der Waals surface area contributed by atoms with E-state index in [2.05, 4.69) is 16.0 Å². The van der Waals surface area contributed by atoms with Gasteiger partial charge in [0.15, 0.2) is 0 Å². The lowest BCUT2D eigenvalue weighted by atomic mass is 9.98. The smallest absolute Gasteiger partial charge is 0.0502 e. The van der Waals surface area contributed by atoms with Gasteiger partial charge in [-0.3, -0.25) is 9.88 Å². The summed E-state index contributed by atoms with van der Waals surface area (Å²) in [7, 11) is 1.79. The second-order valence-electron chi connectivity index (χ2n) is 4.56. The Kier molecular flexibility index (Phi) is 4.31. The molecule has 16 heavy (non-hydrogen) atoms. The fraction of sp³-hybridized carbons (Fsp3) is 0.615. The van der Waals surface area contributed by atoms with Crippen molar-refractivity contribution in [2.24, 2.45) is 5.92 Å². The fourth-order valence-corrected chi connectivity index (χ4v) is 2.42. The molecule has 1 atom stereocenters. The number of ether oxygens (including phenoxy) is 1. The number of piperidine rings is 1. The summed E-state index contributed by atoms with van der Waals surface area (Å²) in [5, 5.41) is 0. The van der Waals surface area contributed by atoms with Crippen LogP contribution in [0.5, 0.6) is 0 Å². The minimum atomic E-state index is 0.704. The zero-order valence-electron chi connectivity index (χ0n) is 9.93. The number of pyridine rings is 1. The Morgan fingerprint density at radius 1 is 1.56 bits per heavy atom. The number of rotatable bonds is 4. The first-order chi connectivity index (χ1) is 7.88. The van der Waals surface area contributed by atoms with Crippen LogP contribution in [0.3, 0.4) is 0 Å². The lowest BCUT2D eigenvalue weighted by Gasteiger charge is -2.32. The highest BCUT2D eigenvalue weighted by Gasteiger charge is 2.19. The van der Waals surface area contributed by atoms with Crippen LogP contribution in [0.25, 0.3) is 0 Å². The molecule has 3 nitrogen and oxygen atoms in total. The summed E-state index contributed by atoms with van der Waals surface area (Å²) in [5.41, 5.74) is 1.31. The van der Waals surface area contributed by atoms with Gasteiger partial charge < -0.3 is 4.74 Å². The highest BCUT2D eigenvalue weighted by atomic mass is 16.5. The van der Waals surface area contributed by atoms with Crippen LogP contribution in [-0.2, 0) is 11.3 Å². The Labute approximate surface area is 97.4 Å². The van der Waals surface area contributed by atoms with Crippen molar-refractivity contribution in [3.63, 3.8) is 0 Å². The average molecular weight is 220 g/mol. The number of hydrogen-bond donors (Lipinski definition) is 0. The largest absolute Gasteiger partial charge is 0.384 e. The maximum atomic E-state index is 5.24. The highest BCUT2D eigenvalue weighted by Crippen LogP contribution is 2.18. The van der Waals surface area contributed by atoms with Crippen molar-refractivity contribution in [1.29, 1.82) is 0 Å². The third-order valence-corrected chi connectivity index (χ3v) is 3.13. The Bertz CT molecular complexity index is 300. The maximum absolute atomic E-state index is 5.24. The molecule has 1 aliphatic rings. The molecule has 0 unspecified atom stereocenters. The zero-order valence-corrected chi connectivity index (χ0v) is 9.93. The first-order valence-corrected chi connectivity index (χ1v) is 5.98. The molecule has 1 fully saturated rings. The van der Waals surface area contributed by atoms with Crippen molar-refractivity contribution in [2.75, 3.05) is 26.8 Å². The Morgan fingerprint density at radius 2 is 2.50 bits per heavy atom. The van der Waals surface area contributed by atoms with E-state index in [1.54, 1.807) is 7.11 Å². The summed E-state index contributed by atoms with van der Waals surface area (Å²) in [5.74, 6) is 0.704. The summed E-state index contributed by atoms with van der Waals surface area (Å²) >= 11 is 0. The van der Waals surface area contributed by atoms with Crippen LogP contribution in [0.15, 0.2) is 24.5 Å². The molecule has 1 aliphatic heterocycles. The van der Waals surface area contributed by atoms with Crippen LogP contribution in [0.1, 0.15) is 18.4 Å². The van der Waals surface area contributed by atoms with E-state index in [0.29, 0.717) is 5.92 Å². The van der Waals surface area contributed by atoms with Gasteiger partial charge >= 0.3 is 0 Å². The van der Waals surface area contributed by atoms with Gasteiger partial charge in [0, 0.05) is 32.6 Å². The van der Waals surface area contributed by atoms with Crippen LogP contribution in [0.4, 0.5) is 0 Å². The van der Waals surface area contributed by atoms with Crippen molar-refractivity contribution < 1.29 is 4.74 Å². The molecule has 0 aromatic carbocycles. The molecule has 0 aliphatic carbocycles. The third kappa shape index (κ3) is 3.29. The van der Waals surface area contributed by atoms with Crippen molar-refractivity contribution in [2.45, 2.75) is 19.4 Å². The average Bonchev–Trinajstić information content (AvgIpc) is 2.31. The topological polar surface area (TPSA) is 25.4 Å². The van der Waals surface area contributed by atoms with Gasteiger partial charge in [-0.25, -0.2) is 0 Å². The highest BCUT2D eigenvalue weighted by molar-refractivity contribution is 5.08. The van der Waals surface area contributed by atoms with E-state index in [0.717, 1.165) is 19.7 Å². The quantitative estimate of drug-likeness (QED) is 0.775. The SMILES string of the molecule is COC[C@H]1CCCN(Cc2cccnc2)C1. The van der Waals surface area contributed by atoms with E-state index in [9.17, 15) is 0 Å². The molecule has 0 saturated carbocycles. The molecule has 0 N–H and O–H groups in total. The third-order valence-electron chi connectivity index (χ3n) is 3.13. The lowest BCUT2D eigenvalue weighted by Crippen LogP contribution is -2.36. The second kappa shape index (κ2) is 5.97. The number of aromatic nitrogens is 1. The molecule has 1 aromatic heterocycles. The van der Waals surface area contributed by atoms with Gasteiger partial charge in [-0.1, -0.05) is 6.07 Å². The molecule has 2 heterocycles. The molecular weight excluding hydrogens is 200 g/mol. The van der Waals surface area contributed by atoms with Gasteiger partial charge in [0.05, 0.1) is 6.61 Å². The molecule has 1 saturated heterocycles. The van der Waals surface area contributed by atoms with Gasteiger partial charge in [0.25, 0.3) is 0 Å². The van der Waals surface area contributed by atoms with E-state index in [1.807, 2.05) is 18.5 Å². The Hall–Kier alpha value is -0.930. The van der Waals surface area contributed by atoms with E-state index in [4.69, 9.17) is 4.74 Å². The first kappa shape index (κ1) is 11.6. The van der Waals surface area contributed by atoms with Crippen molar-refractivity contribution in [3.05, 3.63) is 30.1 Å². The summed E-state index contributed by atoms with van der Waals surface area (Å²) in [6.07, 6.45) is 6.37. The van der Waals surface area contributed by atoms with Gasteiger partial charge in [0.1, 0.15) is 0 Å². The molecule has 0 amide bonds. The van der Waals surface area contributed by atoms with Crippen LogP contribution in [0.2, 0.25) is 0 Å². The predicted molar refractivity (Wildman–Crippen MR) is 64.1 cm³/mol. The summed E-state index contributed by atoms with van der Waals surface area (Å²) in [6, 6.07) is 4.15. The van der Waals surface area contributed by atoms with E-state index in [-0.39, 0.29) is 0 Å². The van der Waals surface area contributed by atoms with Gasteiger partial charge in [-0.15, -0.1) is 0 Å². The molecule has 3 heteroatoms. The molecule has 1 aromatic rings. The normalized spacial score (nSPS) is 22.2. The molecule has 88 valence electrons. The molecule has 0 spiro atoms.